The van der Waals surface area contributed by atoms with Crippen LogP contribution < -0.4 is 16.4 Å². The van der Waals surface area contributed by atoms with Crippen molar-refractivity contribution in [3.8, 4) is 0 Å². The van der Waals surface area contributed by atoms with Gasteiger partial charge in [0.1, 0.15) is 0 Å². The maximum atomic E-state index is 11.5. The van der Waals surface area contributed by atoms with E-state index in [0.29, 0.717) is 6.42 Å². The molecule has 0 aliphatic carbocycles. The van der Waals surface area contributed by atoms with E-state index in [-0.39, 0.29) is 11.4 Å². The topological polar surface area (TPSA) is 67.1 Å². The molecule has 0 aromatic heterocycles. The summed E-state index contributed by atoms with van der Waals surface area (Å²) >= 11 is 0. The van der Waals surface area contributed by atoms with Gasteiger partial charge < -0.3 is 16.4 Å². The molecule has 104 valence electrons. The Morgan fingerprint density at radius 2 is 2.00 bits per heavy atom. The van der Waals surface area contributed by atoms with Crippen molar-refractivity contribution in [2.75, 3.05) is 16.4 Å². The van der Waals surface area contributed by atoms with Crippen molar-refractivity contribution in [3.05, 3.63) is 17.7 Å². The number of benzene rings is 1. The molecule has 0 saturated carbocycles. The molecule has 1 heterocycles. The molecule has 0 atom stereocenters. The van der Waals surface area contributed by atoms with E-state index in [0.717, 1.165) is 41.9 Å². The zero-order valence-electron chi connectivity index (χ0n) is 12.0. The van der Waals surface area contributed by atoms with Gasteiger partial charge in [0.2, 0.25) is 5.91 Å². The number of rotatable bonds is 4. The molecule has 2 rings (SSSR count). The minimum absolute atomic E-state index is 0.0288. The van der Waals surface area contributed by atoms with Crippen LogP contribution in [0, 0.1) is 0 Å². The molecule has 19 heavy (non-hydrogen) atoms. The number of anilines is 3. The number of nitrogens with two attached hydrogens (primary N) is 1. The number of hydrogen-bond donors (Lipinski definition) is 3. The molecule has 4 N–H and O–H groups in total. The van der Waals surface area contributed by atoms with Crippen LogP contribution in [0.25, 0.3) is 0 Å². The van der Waals surface area contributed by atoms with E-state index >= 15 is 0 Å². The first kappa shape index (κ1) is 13.7. The van der Waals surface area contributed by atoms with E-state index in [9.17, 15) is 4.79 Å². The lowest BCUT2D eigenvalue weighted by molar-refractivity contribution is -0.116. The Labute approximate surface area is 114 Å². The smallest absolute Gasteiger partial charge is 0.224 e. The van der Waals surface area contributed by atoms with Crippen molar-refractivity contribution in [3.63, 3.8) is 0 Å². The Bertz CT molecular complexity index is 492. The van der Waals surface area contributed by atoms with Crippen molar-refractivity contribution in [2.24, 2.45) is 0 Å². The minimum Gasteiger partial charge on any atom is -0.397 e. The van der Waals surface area contributed by atoms with Crippen LogP contribution in [-0.4, -0.2) is 11.4 Å². The van der Waals surface area contributed by atoms with Crippen LogP contribution >= 0.6 is 0 Å². The quantitative estimate of drug-likeness (QED) is 0.729. The van der Waals surface area contributed by atoms with Gasteiger partial charge in [-0.2, -0.15) is 0 Å². The monoisotopic (exact) mass is 261 g/mol. The third-order valence-electron chi connectivity index (χ3n) is 4.17. The fourth-order valence-electron chi connectivity index (χ4n) is 2.31. The van der Waals surface area contributed by atoms with Crippen LogP contribution in [0.15, 0.2) is 12.1 Å². The summed E-state index contributed by atoms with van der Waals surface area (Å²) in [5, 5.41) is 6.43. The highest BCUT2D eigenvalue weighted by Gasteiger charge is 2.22. The van der Waals surface area contributed by atoms with Crippen LogP contribution in [0.2, 0.25) is 0 Å². The van der Waals surface area contributed by atoms with Crippen molar-refractivity contribution in [1.82, 2.24) is 0 Å². The molecule has 1 aromatic carbocycles. The lowest BCUT2D eigenvalue weighted by Crippen LogP contribution is -2.33. The predicted molar refractivity (Wildman–Crippen MR) is 80.4 cm³/mol. The number of nitrogen functional groups attached to an aromatic ring is 1. The first-order valence-electron chi connectivity index (χ1n) is 6.98. The number of carbonyl (C=O) groups excluding carboxylic acids is 1. The summed E-state index contributed by atoms with van der Waals surface area (Å²) < 4.78 is 0. The van der Waals surface area contributed by atoms with Crippen molar-refractivity contribution >= 4 is 23.0 Å². The van der Waals surface area contributed by atoms with Gasteiger partial charge in [-0.3, -0.25) is 4.79 Å². The third kappa shape index (κ3) is 2.83. The molecule has 0 fully saturated rings. The molecule has 4 nitrogen and oxygen atoms in total. The maximum absolute atomic E-state index is 11.5. The van der Waals surface area contributed by atoms with Crippen molar-refractivity contribution in [2.45, 2.75) is 52.0 Å². The summed E-state index contributed by atoms with van der Waals surface area (Å²) in [5.74, 6) is 0.0805. The molecule has 1 aromatic rings. The van der Waals surface area contributed by atoms with E-state index in [4.69, 9.17) is 5.73 Å². The van der Waals surface area contributed by atoms with Gasteiger partial charge >= 0.3 is 0 Å². The molecule has 0 radical (unpaired) electrons. The first-order valence-corrected chi connectivity index (χ1v) is 6.98. The fraction of sp³-hybridized carbons (Fsp3) is 0.533. The number of hydrogen-bond acceptors (Lipinski definition) is 3. The van der Waals surface area contributed by atoms with Gasteiger partial charge in [0, 0.05) is 17.6 Å². The molecule has 4 heteroatoms. The zero-order valence-corrected chi connectivity index (χ0v) is 12.0. The van der Waals surface area contributed by atoms with E-state index in [1.807, 2.05) is 12.1 Å². The van der Waals surface area contributed by atoms with Gasteiger partial charge in [-0.1, -0.05) is 13.8 Å². The average Bonchev–Trinajstić information content (AvgIpc) is 2.40. The van der Waals surface area contributed by atoms with E-state index in [1.165, 1.54) is 0 Å². The SMILES string of the molecule is CCC(C)(CC)Nc1cc2c(cc1N)CCC(=O)N2. The normalized spacial score (nSPS) is 14.8. The molecule has 1 aliphatic heterocycles. The van der Waals surface area contributed by atoms with E-state index < -0.39 is 0 Å². The van der Waals surface area contributed by atoms with Crippen LogP contribution in [0.3, 0.4) is 0 Å². The summed E-state index contributed by atoms with van der Waals surface area (Å²) in [4.78, 5) is 11.5. The highest BCUT2D eigenvalue weighted by Crippen LogP contribution is 2.33. The highest BCUT2D eigenvalue weighted by atomic mass is 16.1. The minimum atomic E-state index is 0.0288. The zero-order chi connectivity index (χ0) is 14.0. The van der Waals surface area contributed by atoms with Gasteiger partial charge in [0.25, 0.3) is 0 Å². The highest BCUT2D eigenvalue weighted by molar-refractivity contribution is 5.95. The number of aryl methyl sites for hydroxylation is 1. The summed E-state index contributed by atoms with van der Waals surface area (Å²) in [5.41, 5.74) is 9.83. The summed E-state index contributed by atoms with van der Waals surface area (Å²) in [6, 6.07) is 3.94. The molecule has 0 saturated heterocycles. The maximum Gasteiger partial charge on any atom is 0.224 e. The predicted octanol–water partition coefficient (Wildman–Crippen LogP) is 3.14. The third-order valence-corrected chi connectivity index (χ3v) is 4.17. The number of nitrogens with one attached hydrogen (secondary N) is 2. The van der Waals surface area contributed by atoms with Crippen molar-refractivity contribution < 1.29 is 4.79 Å². The Morgan fingerprint density at radius 1 is 1.32 bits per heavy atom. The Morgan fingerprint density at radius 3 is 2.63 bits per heavy atom. The molecule has 0 bridgehead atoms. The molecule has 0 unspecified atom stereocenters. The standard InChI is InChI=1S/C15H23N3O/c1-4-15(3,5-2)18-13-9-12-10(8-11(13)16)6-7-14(19)17-12/h8-9,18H,4-7,16H2,1-3H3,(H,17,19). The summed E-state index contributed by atoms with van der Waals surface area (Å²) in [6.07, 6.45) is 3.35. The molecule has 0 spiro atoms. The number of amides is 1. The van der Waals surface area contributed by atoms with E-state index in [1.54, 1.807) is 0 Å². The molecule has 1 amide bonds. The second-order valence-corrected chi connectivity index (χ2v) is 5.54. The van der Waals surface area contributed by atoms with E-state index in [2.05, 4.69) is 31.4 Å². The second kappa shape index (κ2) is 5.11. The van der Waals surface area contributed by atoms with Gasteiger partial charge in [-0.25, -0.2) is 0 Å². The first-order chi connectivity index (χ1) is 8.97. The second-order valence-electron chi connectivity index (χ2n) is 5.54. The summed E-state index contributed by atoms with van der Waals surface area (Å²) in [6.45, 7) is 6.50. The number of carbonyl (C=O) groups is 1. The van der Waals surface area contributed by atoms with Crippen LogP contribution in [0.5, 0.6) is 0 Å². The lowest BCUT2D eigenvalue weighted by Gasteiger charge is -2.31. The van der Waals surface area contributed by atoms with Gasteiger partial charge in [0.05, 0.1) is 11.4 Å². The fourth-order valence-corrected chi connectivity index (χ4v) is 2.31. The largest absolute Gasteiger partial charge is 0.397 e. The molecular weight excluding hydrogens is 238 g/mol. The number of fused-ring (bicyclic) bond motifs is 1. The lowest BCUT2D eigenvalue weighted by atomic mass is 9.94. The Balaban J connectivity index is 2.31. The average molecular weight is 261 g/mol. The van der Waals surface area contributed by atoms with Gasteiger partial charge in [0.15, 0.2) is 0 Å². The Hall–Kier alpha value is -1.71. The van der Waals surface area contributed by atoms with Crippen LogP contribution in [-0.2, 0) is 11.2 Å². The molecule has 1 aliphatic rings. The summed E-state index contributed by atoms with van der Waals surface area (Å²) in [7, 11) is 0. The Kier molecular flexibility index (Phi) is 3.69. The van der Waals surface area contributed by atoms with Gasteiger partial charge in [-0.15, -0.1) is 0 Å². The van der Waals surface area contributed by atoms with Gasteiger partial charge in [-0.05, 0) is 43.9 Å². The molecular formula is C15H23N3O. The van der Waals surface area contributed by atoms with Crippen LogP contribution in [0.4, 0.5) is 17.1 Å². The van der Waals surface area contributed by atoms with Crippen LogP contribution in [0.1, 0.15) is 45.6 Å². The van der Waals surface area contributed by atoms with Crippen molar-refractivity contribution in [1.29, 1.82) is 0 Å².